The Morgan fingerprint density at radius 1 is 1.22 bits per heavy atom. The summed E-state index contributed by atoms with van der Waals surface area (Å²) in [5.74, 6) is 0.739. The van der Waals surface area contributed by atoms with Crippen LogP contribution in [0.3, 0.4) is 0 Å². The molecule has 0 bridgehead atoms. The van der Waals surface area contributed by atoms with Gasteiger partial charge in [0.15, 0.2) is 5.82 Å². The van der Waals surface area contributed by atoms with Crippen molar-refractivity contribution < 1.29 is 4.79 Å². The van der Waals surface area contributed by atoms with Crippen molar-refractivity contribution in [3.8, 4) is 0 Å². The van der Waals surface area contributed by atoms with E-state index in [1.165, 1.54) is 22.3 Å². The molecule has 0 saturated heterocycles. The minimum Gasteiger partial charge on any atom is -0.309 e. The number of amides is 1. The minimum atomic E-state index is 0.0177. The lowest BCUT2D eigenvalue weighted by atomic mass is 9.82. The second kappa shape index (κ2) is 6.64. The highest BCUT2D eigenvalue weighted by Gasteiger charge is 2.32. The van der Waals surface area contributed by atoms with Gasteiger partial charge in [-0.3, -0.25) is 9.48 Å². The molecule has 0 aliphatic carbocycles. The molecule has 1 aliphatic heterocycles. The fourth-order valence-corrected chi connectivity index (χ4v) is 4.06. The number of nitrogens with zero attached hydrogens (tertiary/aromatic N) is 5. The second-order valence-corrected chi connectivity index (χ2v) is 7.20. The fraction of sp³-hybridized carbons (Fsp3) is 0.400. The molecule has 1 atom stereocenters. The summed E-state index contributed by atoms with van der Waals surface area (Å²) in [6.45, 7) is 9.83. The summed E-state index contributed by atoms with van der Waals surface area (Å²) in [4.78, 5) is 16.4. The van der Waals surface area contributed by atoms with Crippen molar-refractivity contribution in [1.82, 2.24) is 24.5 Å². The molecule has 0 saturated carbocycles. The van der Waals surface area contributed by atoms with Gasteiger partial charge in [0.1, 0.15) is 12.7 Å². The van der Waals surface area contributed by atoms with Crippen LogP contribution in [-0.4, -0.2) is 30.5 Å². The van der Waals surface area contributed by atoms with Crippen molar-refractivity contribution in [3.05, 3.63) is 58.3 Å². The van der Waals surface area contributed by atoms with Crippen LogP contribution < -0.4 is 5.32 Å². The normalized spacial score (nSPS) is 16.3. The van der Waals surface area contributed by atoms with E-state index >= 15 is 0 Å². The fourth-order valence-electron chi connectivity index (χ4n) is 4.06. The summed E-state index contributed by atoms with van der Waals surface area (Å²) in [5, 5.41) is 11.8. The highest BCUT2D eigenvalue weighted by Crippen LogP contribution is 2.40. The number of aromatic nitrogens is 5. The molecule has 140 valence electrons. The van der Waals surface area contributed by atoms with E-state index in [0.29, 0.717) is 18.8 Å². The van der Waals surface area contributed by atoms with Crippen LogP contribution in [0.2, 0.25) is 0 Å². The van der Waals surface area contributed by atoms with Crippen LogP contribution in [0.4, 0.5) is 5.82 Å². The van der Waals surface area contributed by atoms with E-state index in [1.807, 2.05) is 9.36 Å². The quantitative estimate of drug-likeness (QED) is 0.772. The molecule has 4 rings (SSSR count). The molecule has 3 aromatic rings. The van der Waals surface area contributed by atoms with Crippen molar-refractivity contribution in [2.75, 3.05) is 5.32 Å². The SMILES string of the molecule is CCn1nc2c(c1C)[C@H](c1cc(Cn3cncn3)c(C)cc1C)CC(=O)N2. The molecule has 7 heteroatoms. The summed E-state index contributed by atoms with van der Waals surface area (Å²) in [6, 6.07) is 4.43. The number of rotatable bonds is 4. The average molecular weight is 364 g/mol. The van der Waals surface area contributed by atoms with Crippen molar-refractivity contribution in [2.45, 2.75) is 53.1 Å². The molecule has 1 aromatic carbocycles. The van der Waals surface area contributed by atoms with Crippen LogP contribution in [0.15, 0.2) is 24.8 Å². The number of fused-ring (bicyclic) bond motifs is 1. The van der Waals surface area contributed by atoms with Crippen LogP contribution in [0.5, 0.6) is 0 Å². The maximum Gasteiger partial charge on any atom is 0.226 e. The van der Waals surface area contributed by atoms with Crippen molar-refractivity contribution in [1.29, 1.82) is 0 Å². The lowest BCUT2D eigenvalue weighted by Gasteiger charge is -2.25. The highest BCUT2D eigenvalue weighted by molar-refractivity contribution is 5.94. The van der Waals surface area contributed by atoms with Crippen LogP contribution in [0.25, 0.3) is 0 Å². The van der Waals surface area contributed by atoms with Gasteiger partial charge >= 0.3 is 0 Å². The topological polar surface area (TPSA) is 77.6 Å². The standard InChI is InChI=1S/C20H24N6O/c1-5-26-14(4)19-17(8-18(27)23-20(19)24-26)16-7-15(12(2)6-13(16)3)9-25-11-21-10-22-25/h6-7,10-11,17H,5,8-9H2,1-4H3,(H,23,24,27)/t17-/m0/s1. The molecule has 0 fully saturated rings. The summed E-state index contributed by atoms with van der Waals surface area (Å²) >= 11 is 0. The van der Waals surface area contributed by atoms with Gasteiger partial charge in [-0.2, -0.15) is 10.2 Å². The molecule has 1 N–H and O–H groups in total. The monoisotopic (exact) mass is 364 g/mol. The first-order chi connectivity index (χ1) is 13.0. The summed E-state index contributed by atoms with van der Waals surface area (Å²) < 4.78 is 3.78. The van der Waals surface area contributed by atoms with E-state index in [-0.39, 0.29) is 11.8 Å². The van der Waals surface area contributed by atoms with Gasteiger partial charge in [-0.25, -0.2) is 9.67 Å². The van der Waals surface area contributed by atoms with E-state index in [4.69, 9.17) is 0 Å². The molecular formula is C20H24N6O. The number of hydrogen-bond acceptors (Lipinski definition) is 4. The van der Waals surface area contributed by atoms with E-state index in [9.17, 15) is 4.79 Å². The van der Waals surface area contributed by atoms with E-state index in [2.05, 4.69) is 60.3 Å². The maximum absolute atomic E-state index is 12.4. The Bertz CT molecular complexity index is 1000. The summed E-state index contributed by atoms with van der Waals surface area (Å²) in [5.41, 5.74) is 7.04. The van der Waals surface area contributed by atoms with E-state index in [0.717, 1.165) is 17.8 Å². The summed E-state index contributed by atoms with van der Waals surface area (Å²) in [6.07, 6.45) is 3.71. The average Bonchev–Trinajstić information content (AvgIpc) is 3.24. The van der Waals surface area contributed by atoms with Crippen molar-refractivity contribution >= 4 is 11.7 Å². The van der Waals surface area contributed by atoms with Gasteiger partial charge < -0.3 is 5.32 Å². The number of carbonyl (C=O) groups excluding carboxylic acids is 1. The Labute approximate surface area is 158 Å². The van der Waals surface area contributed by atoms with Crippen LogP contribution >= 0.6 is 0 Å². The van der Waals surface area contributed by atoms with Gasteiger partial charge in [-0.1, -0.05) is 12.1 Å². The van der Waals surface area contributed by atoms with Gasteiger partial charge in [0.2, 0.25) is 5.91 Å². The molecule has 1 aliphatic rings. The lowest BCUT2D eigenvalue weighted by molar-refractivity contribution is -0.116. The number of carbonyl (C=O) groups is 1. The van der Waals surface area contributed by atoms with Gasteiger partial charge in [0.05, 0.1) is 6.54 Å². The van der Waals surface area contributed by atoms with E-state index in [1.54, 1.807) is 12.7 Å². The Morgan fingerprint density at radius 2 is 2.04 bits per heavy atom. The third kappa shape index (κ3) is 3.03. The smallest absolute Gasteiger partial charge is 0.226 e. The summed E-state index contributed by atoms with van der Waals surface area (Å²) in [7, 11) is 0. The zero-order valence-corrected chi connectivity index (χ0v) is 16.2. The molecule has 27 heavy (non-hydrogen) atoms. The number of benzene rings is 1. The van der Waals surface area contributed by atoms with Crippen LogP contribution in [-0.2, 0) is 17.9 Å². The second-order valence-electron chi connectivity index (χ2n) is 7.20. The van der Waals surface area contributed by atoms with Gasteiger partial charge in [-0.05, 0) is 49.9 Å². The Kier molecular flexibility index (Phi) is 4.30. The first kappa shape index (κ1) is 17.5. The molecular weight excluding hydrogens is 340 g/mol. The molecule has 3 heterocycles. The van der Waals surface area contributed by atoms with Gasteiger partial charge in [-0.15, -0.1) is 0 Å². The Balaban J connectivity index is 1.81. The van der Waals surface area contributed by atoms with Crippen LogP contribution in [0.1, 0.15) is 52.8 Å². The minimum absolute atomic E-state index is 0.0177. The third-order valence-electron chi connectivity index (χ3n) is 5.45. The molecule has 1 amide bonds. The molecule has 2 aromatic heterocycles. The van der Waals surface area contributed by atoms with Crippen molar-refractivity contribution in [3.63, 3.8) is 0 Å². The number of nitrogens with one attached hydrogen (secondary N) is 1. The van der Waals surface area contributed by atoms with Gasteiger partial charge in [0.25, 0.3) is 0 Å². The zero-order valence-electron chi connectivity index (χ0n) is 16.2. The zero-order chi connectivity index (χ0) is 19.1. The van der Waals surface area contributed by atoms with E-state index < -0.39 is 0 Å². The molecule has 0 radical (unpaired) electrons. The maximum atomic E-state index is 12.4. The predicted molar refractivity (Wildman–Crippen MR) is 103 cm³/mol. The number of aryl methyl sites for hydroxylation is 3. The first-order valence-corrected chi connectivity index (χ1v) is 9.27. The third-order valence-corrected chi connectivity index (χ3v) is 5.45. The largest absolute Gasteiger partial charge is 0.309 e. The Hall–Kier alpha value is -2.96. The number of hydrogen-bond donors (Lipinski definition) is 1. The number of anilines is 1. The van der Waals surface area contributed by atoms with Crippen LogP contribution in [0, 0.1) is 20.8 Å². The Morgan fingerprint density at radius 3 is 2.74 bits per heavy atom. The first-order valence-electron chi connectivity index (χ1n) is 9.27. The molecule has 0 unspecified atom stereocenters. The molecule has 7 nitrogen and oxygen atoms in total. The molecule has 0 spiro atoms. The lowest BCUT2D eigenvalue weighted by Crippen LogP contribution is -2.24. The van der Waals surface area contributed by atoms with Gasteiger partial charge in [0, 0.05) is 30.1 Å². The highest BCUT2D eigenvalue weighted by atomic mass is 16.1. The van der Waals surface area contributed by atoms with Crippen molar-refractivity contribution in [2.24, 2.45) is 0 Å². The predicted octanol–water partition coefficient (Wildman–Crippen LogP) is 2.94.